The minimum absolute atomic E-state index is 0.0124. The average Bonchev–Trinajstić information content (AvgIpc) is 2.96. The van der Waals surface area contributed by atoms with E-state index in [0.29, 0.717) is 38.5 Å². The highest BCUT2D eigenvalue weighted by Gasteiger charge is 2.49. The van der Waals surface area contributed by atoms with Crippen molar-refractivity contribution in [2.45, 2.75) is 30.7 Å². The molecule has 0 bridgehead atoms. The standard InChI is InChI=1S/C18H27N3O4S/c1-4-25-16-5-7-17(8-6-16)26(23,24)20-11-12-21(15(2)22)18(14-20)9-10-19(3)13-18/h5-8H,4,9-14H2,1-3H3. The van der Waals surface area contributed by atoms with Crippen molar-refractivity contribution in [2.24, 2.45) is 0 Å². The maximum atomic E-state index is 13.1. The SMILES string of the molecule is CCOc1ccc(S(=O)(=O)N2CCN(C(C)=O)C3(CCN(C)C3)C2)cc1. The summed E-state index contributed by atoms with van der Waals surface area (Å²) in [5, 5.41) is 0. The number of carbonyl (C=O) groups is 1. The highest BCUT2D eigenvalue weighted by molar-refractivity contribution is 7.89. The van der Waals surface area contributed by atoms with E-state index >= 15 is 0 Å². The first kappa shape index (κ1) is 19.1. The molecule has 1 aromatic rings. The van der Waals surface area contributed by atoms with E-state index in [9.17, 15) is 13.2 Å². The van der Waals surface area contributed by atoms with Gasteiger partial charge in [-0.25, -0.2) is 8.42 Å². The predicted octanol–water partition coefficient (Wildman–Crippen LogP) is 1.01. The summed E-state index contributed by atoms with van der Waals surface area (Å²) < 4.78 is 33.2. The van der Waals surface area contributed by atoms with Gasteiger partial charge in [0.05, 0.1) is 17.0 Å². The fourth-order valence-electron chi connectivity index (χ4n) is 4.07. The molecule has 144 valence electrons. The summed E-state index contributed by atoms with van der Waals surface area (Å²) in [6.07, 6.45) is 0.790. The Bertz CT molecular complexity index is 765. The van der Waals surface area contributed by atoms with E-state index in [0.717, 1.165) is 13.0 Å². The number of likely N-dealkylation sites (tertiary alicyclic amines) is 1. The molecule has 2 aliphatic rings. The van der Waals surface area contributed by atoms with Crippen LogP contribution in [0.2, 0.25) is 0 Å². The van der Waals surface area contributed by atoms with Crippen LogP contribution >= 0.6 is 0 Å². The number of hydrogen-bond donors (Lipinski definition) is 0. The maximum absolute atomic E-state index is 13.1. The topological polar surface area (TPSA) is 70.2 Å². The van der Waals surface area contributed by atoms with Crippen molar-refractivity contribution in [3.05, 3.63) is 24.3 Å². The minimum atomic E-state index is -3.60. The predicted molar refractivity (Wildman–Crippen MR) is 98.6 cm³/mol. The van der Waals surface area contributed by atoms with E-state index in [-0.39, 0.29) is 10.8 Å². The number of ether oxygens (including phenoxy) is 1. The van der Waals surface area contributed by atoms with Crippen LogP contribution in [0.3, 0.4) is 0 Å². The molecule has 0 radical (unpaired) electrons. The normalized spacial score (nSPS) is 25.0. The summed E-state index contributed by atoms with van der Waals surface area (Å²) in [6.45, 7) is 6.64. The molecule has 0 saturated carbocycles. The molecule has 1 atom stereocenters. The van der Waals surface area contributed by atoms with Crippen molar-refractivity contribution in [3.8, 4) is 5.75 Å². The number of sulfonamides is 1. The van der Waals surface area contributed by atoms with E-state index in [4.69, 9.17) is 4.74 Å². The second-order valence-electron chi connectivity index (χ2n) is 7.13. The van der Waals surface area contributed by atoms with Crippen LogP contribution in [0.5, 0.6) is 5.75 Å². The molecule has 8 heteroatoms. The van der Waals surface area contributed by atoms with E-state index in [1.807, 2.05) is 18.9 Å². The van der Waals surface area contributed by atoms with Crippen molar-refractivity contribution in [3.63, 3.8) is 0 Å². The lowest BCUT2D eigenvalue weighted by molar-refractivity contribution is -0.137. The van der Waals surface area contributed by atoms with Gasteiger partial charge in [-0.05, 0) is 44.7 Å². The monoisotopic (exact) mass is 381 g/mol. The van der Waals surface area contributed by atoms with Crippen LogP contribution in [-0.4, -0.2) is 80.3 Å². The zero-order valence-electron chi connectivity index (χ0n) is 15.6. The van der Waals surface area contributed by atoms with Gasteiger partial charge < -0.3 is 14.5 Å². The molecule has 3 rings (SSSR count). The Labute approximate surface area is 155 Å². The van der Waals surface area contributed by atoms with Crippen molar-refractivity contribution >= 4 is 15.9 Å². The number of amides is 1. The summed E-state index contributed by atoms with van der Waals surface area (Å²) in [5.41, 5.74) is -0.433. The molecule has 1 amide bonds. The van der Waals surface area contributed by atoms with E-state index in [1.54, 1.807) is 31.2 Å². The zero-order chi connectivity index (χ0) is 18.9. The van der Waals surface area contributed by atoms with Gasteiger partial charge in [0.1, 0.15) is 5.75 Å². The molecule has 1 aromatic carbocycles. The Balaban J connectivity index is 1.85. The third-order valence-electron chi connectivity index (χ3n) is 5.29. The summed E-state index contributed by atoms with van der Waals surface area (Å²) in [5.74, 6) is 0.667. The zero-order valence-corrected chi connectivity index (χ0v) is 16.5. The molecule has 0 N–H and O–H groups in total. The highest BCUT2D eigenvalue weighted by Crippen LogP contribution is 2.33. The quantitative estimate of drug-likeness (QED) is 0.779. The molecule has 2 saturated heterocycles. The third kappa shape index (κ3) is 3.45. The van der Waals surface area contributed by atoms with Crippen LogP contribution in [0.4, 0.5) is 0 Å². The number of hydrogen-bond acceptors (Lipinski definition) is 5. The van der Waals surface area contributed by atoms with Gasteiger partial charge in [-0.3, -0.25) is 4.79 Å². The van der Waals surface area contributed by atoms with Crippen molar-refractivity contribution in [2.75, 3.05) is 46.4 Å². The molecule has 2 aliphatic heterocycles. The lowest BCUT2D eigenvalue weighted by atomic mass is 9.93. The number of carbonyl (C=O) groups excluding carboxylic acids is 1. The van der Waals surface area contributed by atoms with E-state index in [1.165, 1.54) is 4.31 Å². The fraction of sp³-hybridized carbons (Fsp3) is 0.611. The Morgan fingerprint density at radius 3 is 2.38 bits per heavy atom. The molecule has 2 fully saturated rings. The van der Waals surface area contributed by atoms with Crippen molar-refractivity contribution in [1.82, 2.24) is 14.1 Å². The summed E-state index contributed by atoms with van der Waals surface area (Å²) in [7, 11) is -1.60. The Hall–Kier alpha value is -1.64. The molecule has 1 unspecified atom stereocenters. The minimum Gasteiger partial charge on any atom is -0.494 e. The molecule has 1 spiro atoms. The number of likely N-dealkylation sites (N-methyl/N-ethyl adjacent to an activating group) is 1. The molecular weight excluding hydrogens is 354 g/mol. The van der Waals surface area contributed by atoms with Gasteiger partial charge in [-0.15, -0.1) is 0 Å². The molecule has 26 heavy (non-hydrogen) atoms. The largest absolute Gasteiger partial charge is 0.494 e. The van der Waals surface area contributed by atoms with Crippen LogP contribution in [-0.2, 0) is 14.8 Å². The van der Waals surface area contributed by atoms with Gasteiger partial charge in [0.25, 0.3) is 0 Å². The van der Waals surface area contributed by atoms with E-state index in [2.05, 4.69) is 4.90 Å². The fourth-order valence-corrected chi connectivity index (χ4v) is 5.58. The second kappa shape index (κ2) is 7.17. The lowest BCUT2D eigenvalue weighted by Gasteiger charge is -2.48. The Morgan fingerprint density at radius 2 is 1.85 bits per heavy atom. The number of rotatable bonds is 4. The van der Waals surface area contributed by atoms with Gasteiger partial charge in [0.15, 0.2) is 0 Å². The van der Waals surface area contributed by atoms with Gasteiger partial charge in [-0.2, -0.15) is 4.31 Å². The maximum Gasteiger partial charge on any atom is 0.243 e. The Kier molecular flexibility index (Phi) is 5.28. The number of nitrogens with zero attached hydrogens (tertiary/aromatic N) is 3. The first-order chi connectivity index (χ1) is 12.3. The third-order valence-corrected chi connectivity index (χ3v) is 7.15. The van der Waals surface area contributed by atoms with Crippen molar-refractivity contribution in [1.29, 1.82) is 0 Å². The van der Waals surface area contributed by atoms with Crippen LogP contribution in [0.25, 0.3) is 0 Å². The van der Waals surface area contributed by atoms with Crippen LogP contribution in [0.1, 0.15) is 20.3 Å². The van der Waals surface area contributed by atoms with Gasteiger partial charge in [0.2, 0.25) is 15.9 Å². The second-order valence-corrected chi connectivity index (χ2v) is 9.06. The molecule has 2 heterocycles. The summed E-state index contributed by atoms with van der Waals surface area (Å²) in [4.78, 5) is 16.4. The van der Waals surface area contributed by atoms with Crippen LogP contribution in [0.15, 0.2) is 29.2 Å². The van der Waals surface area contributed by atoms with Crippen LogP contribution in [0, 0.1) is 0 Å². The number of benzene rings is 1. The first-order valence-corrected chi connectivity index (χ1v) is 10.4. The summed E-state index contributed by atoms with van der Waals surface area (Å²) >= 11 is 0. The molecule has 7 nitrogen and oxygen atoms in total. The highest BCUT2D eigenvalue weighted by atomic mass is 32.2. The average molecular weight is 381 g/mol. The van der Waals surface area contributed by atoms with Gasteiger partial charge >= 0.3 is 0 Å². The summed E-state index contributed by atoms with van der Waals surface area (Å²) in [6, 6.07) is 6.54. The molecule has 0 aliphatic carbocycles. The van der Waals surface area contributed by atoms with Crippen molar-refractivity contribution < 1.29 is 17.9 Å². The lowest BCUT2D eigenvalue weighted by Crippen LogP contribution is -2.65. The number of piperazine rings is 1. The molecular formula is C18H27N3O4S. The van der Waals surface area contributed by atoms with Gasteiger partial charge in [-0.1, -0.05) is 0 Å². The van der Waals surface area contributed by atoms with E-state index < -0.39 is 15.6 Å². The van der Waals surface area contributed by atoms with Crippen LogP contribution < -0.4 is 4.74 Å². The van der Waals surface area contributed by atoms with Gasteiger partial charge in [0, 0.05) is 39.6 Å². The first-order valence-electron chi connectivity index (χ1n) is 8.98. The Morgan fingerprint density at radius 1 is 1.15 bits per heavy atom. The smallest absolute Gasteiger partial charge is 0.243 e. The molecule has 0 aromatic heterocycles.